The quantitative estimate of drug-likeness (QED) is 0.521. The second kappa shape index (κ2) is 4.12. The molecule has 0 radical (unpaired) electrons. The Balaban J connectivity index is 2.46. The van der Waals surface area contributed by atoms with Crippen LogP contribution in [0.3, 0.4) is 0 Å². The van der Waals surface area contributed by atoms with Crippen LogP contribution in [-0.2, 0) is 19.1 Å². The Morgan fingerprint density at radius 1 is 1.00 bits per heavy atom. The van der Waals surface area contributed by atoms with Crippen molar-refractivity contribution < 1.29 is 19.1 Å². The highest BCUT2D eigenvalue weighted by Gasteiger charge is 2.39. The summed E-state index contributed by atoms with van der Waals surface area (Å²) in [7, 11) is 2.66. The highest BCUT2D eigenvalue weighted by atomic mass is 16.5. The summed E-state index contributed by atoms with van der Waals surface area (Å²) in [6.45, 7) is 0. The molecule has 0 saturated heterocycles. The maximum atomic E-state index is 11.7. The molecule has 86 valence electrons. The van der Waals surface area contributed by atoms with Crippen molar-refractivity contribution in [2.45, 2.75) is 12.8 Å². The van der Waals surface area contributed by atoms with Gasteiger partial charge < -0.3 is 9.47 Å². The lowest BCUT2D eigenvalue weighted by atomic mass is 9.71. The van der Waals surface area contributed by atoms with Crippen LogP contribution in [0.2, 0.25) is 0 Å². The molecule has 0 fully saturated rings. The number of esters is 2. The molecule has 0 amide bonds. The lowest BCUT2D eigenvalue weighted by molar-refractivity contribution is -0.140. The number of hydrogen-bond donors (Lipinski definition) is 0. The lowest BCUT2D eigenvalue weighted by Gasteiger charge is -2.33. The molecule has 0 aromatic heterocycles. The van der Waals surface area contributed by atoms with E-state index in [1.54, 1.807) is 0 Å². The van der Waals surface area contributed by atoms with Crippen molar-refractivity contribution >= 4 is 11.9 Å². The number of fused-ring (bicyclic) bond motifs is 1. The summed E-state index contributed by atoms with van der Waals surface area (Å²) in [5.41, 5.74) is 0.959. The topological polar surface area (TPSA) is 52.6 Å². The molecule has 3 aliphatic carbocycles. The fraction of sp³-hybridized carbons (Fsp3) is 0.500. The molecular formula is C12H14O4. The molecule has 2 bridgehead atoms. The van der Waals surface area contributed by atoms with Gasteiger partial charge in [0.1, 0.15) is 0 Å². The smallest absolute Gasteiger partial charge is 0.334 e. The molecule has 0 spiro atoms. The van der Waals surface area contributed by atoms with Gasteiger partial charge in [0.05, 0.1) is 25.4 Å². The number of carbonyl (C=O) groups excluding carboxylic acids is 2. The molecule has 3 rings (SSSR count). The average molecular weight is 222 g/mol. The minimum Gasteiger partial charge on any atom is -0.466 e. The number of methoxy groups -OCH3 is 2. The molecule has 3 aliphatic rings. The van der Waals surface area contributed by atoms with Crippen LogP contribution < -0.4 is 0 Å². The zero-order valence-electron chi connectivity index (χ0n) is 9.36. The highest BCUT2D eigenvalue weighted by Crippen LogP contribution is 2.41. The van der Waals surface area contributed by atoms with Gasteiger partial charge in [0, 0.05) is 11.8 Å². The van der Waals surface area contributed by atoms with E-state index in [1.165, 1.54) is 14.2 Å². The molecule has 0 heterocycles. The van der Waals surface area contributed by atoms with E-state index >= 15 is 0 Å². The van der Waals surface area contributed by atoms with Gasteiger partial charge >= 0.3 is 11.9 Å². The van der Waals surface area contributed by atoms with Crippen LogP contribution in [0.4, 0.5) is 0 Å². The fourth-order valence-electron chi connectivity index (χ4n) is 2.44. The van der Waals surface area contributed by atoms with Crippen LogP contribution in [0, 0.1) is 11.8 Å². The Morgan fingerprint density at radius 3 is 1.62 bits per heavy atom. The fourth-order valence-corrected chi connectivity index (χ4v) is 2.44. The van der Waals surface area contributed by atoms with Crippen molar-refractivity contribution in [3.05, 3.63) is 23.3 Å². The molecule has 0 aromatic rings. The van der Waals surface area contributed by atoms with E-state index in [9.17, 15) is 9.59 Å². The SMILES string of the molecule is COC(=O)C1=C(C(=O)OC)[C@H]2C=C[C@@H]1CC2. The monoisotopic (exact) mass is 222 g/mol. The summed E-state index contributed by atoms with van der Waals surface area (Å²) in [5, 5.41) is 0. The van der Waals surface area contributed by atoms with Crippen molar-refractivity contribution in [3.8, 4) is 0 Å². The molecule has 16 heavy (non-hydrogen) atoms. The predicted molar refractivity (Wildman–Crippen MR) is 56.4 cm³/mol. The summed E-state index contributed by atoms with van der Waals surface area (Å²) >= 11 is 0. The van der Waals surface area contributed by atoms with Crippen molar-refractivity contribution in [2.24, 2.45) is 11.8 Å². The average Bonchev–Trinajstić information content (AvgIpc) is 2.37. The van der Waals surface area contributed by atoms with Crippen LogP contribution in [0.15, 0.2) is 23.3 Å². The van der Waals surface area contributed by atoms with Gasteiger partial charge in [-0.3, -0.25) is 0 Å². The third kappa shape index (κ3) is 1.54. The van der Waals surface area contributed by atoms with E-state index in [0.717, 1.165) is 12.8 Å². The van der Waals surface area contributed by atoms with Gasteiger partial charge in [-0.05, 0) is 12.8 Å². The molecule has 0 aromatic carbocycles. The van der Waals surface area contributed by atoms with E-state index in [1.807, 2.05) is 12.2 Å². The molecule has 4 nitrogen and oxygen atoms in total. The number of allylic oxidation sites excluding steroid dienone is 2. The highest BCUT2D eigenvalue weighted by molar-refractivity contribution is 6.02. The van der Waals surface area contributed by atoms with E-state index in [-0.39, 0.29) is 11.8 Å². The van der Waals surface area contributed by atoms with Crippen molar-refractivity contribution in [3.63, 3.8) is 0 Å². The molecule has 0 unspecified atom stereocenters. The summed E-state index contributed by atoms with van der Waals surface area (Å²) in [4.78, 5) is 23.3. The maximum Gasteiger partial charge on any atom is 0.334 e. The number of ether oxygens (including phenoxy) is 2. The first-order valence-electron chi connectivity index (χ1n) is 5.28. The van der Waals surface area contributed by atoms with E-state index < -0.39 is 11.9 Å². The Kier molecular flexibility index (Phi) is 2.81. The van der Waals surface area contributed by atoms with Gasteiger partial charge in [0.15, 0.2) is 0 Å². The van der Waals surface area contributed by atoms with Gasteiger partial charge in [0.25, 0.3) is 0 Å². The summed E-state index contributed by atoms with van der Waals surface area (Å²) in [6.07, 6.45) is 5.75. The van der Waals surface area contributed by atoms with E-state index in [2.05, 4.69) is 0 Å². The Bertz CT molecular complexity index is 356. The van der Waals surface area contributed by atoms with Gasteiger partial charge in [-0.15, -0.1) is 0 Å². The van der Waals surface area contributed by atoms with E-state index in [0.29, 0.717) is 11.1 Å². The molecule has 0 aliphatic heterocycles. The molecule has 0 N–H and O–H groups in total. The van der Waals surface area contributed by atoms with Crippen LogP contribution in [0.25, 0.3) is 0 Å². The lowest BCUT2D eigenvalue weighted by Crippen LogP contribution is -2.31. The Labute approximate surface area is 93.9 Å². The summed E-state index contributed by atoms with van der Waals surface area (Å²) < 4.78 is 9.46. The molecule has 2 atom stereocenters. The summed E-state index contributed by atoms with van der Waals surface area (Å²) in [5.74, 6) is -0.822. The third-order valence-corrected chi connectivity index (χ3v) is 3.21. The molecule has 4 heteroatoms. The van der Waals surface area contributed by atoms with E-state index in [4.69, 9.17) is 9.47 Å². The molecule has 0 saturated carbocycles. The van der Waals surface area contributed by atoms with Crippen LogP contribution in [-0.4, -0.2) is 26.2 Å². The van der Waals surface area contributed by atoms with Crippen molar-refractivity contribution in [1.82, 2.24) is 0 Å². The van der Waals surface area contributed by atoms with Crippen LogP contribution in [0.1, 0.15) is 12.8 Å². The minimum atomic E-state index is -0.417. The van der Waals surface area contributed by atoms with Crippen molar-refractivity contribution in [1.29, 1.82) is 0 Å². The minimum absolute atomic E-state index is 0.00606. The standard InChI is InChI=1S/C12H14O4/c1-15-11(13)9-7-3-5-8(6-4-7)10(9)12(14)16-2/h3,5,7-8H,4,6H2,1-2H3/t7-,8+. The number of hydrogen-bond acceptors (Lipinski definition) is 4. The maximum absolute atomic E-state index is 11.7. The second-order valence-electron chi connectivity index (χ2n) is 3.99. The van der Waals surface area contributed by atoms with Gasteiger partial charge in [-0.25, -0.2) is 9.59 Å². The molecular weight excluding hydrogens is 208 g/mol. The van der Waals surface area contributed by atoms with Gasteiger partial charge in [-0.1, -0.05) is 12.2 Å². The zero-order valence-corrected chi connectivity index (χ0v) is 9.36. The first-order chi connectivity index (χ1) is 7.69. The normalized spacial score (nSPS) is 26.9. The number of carbonyl (C=O) groups is 2. The largest absolute Gasteiger partial charge is 0.466 e. The van der Waals surface area contributed by atoms with Gasteiger partial charge in [0.2, 0.25) is 0 Å². The summed E-state index contributed by atoms with van der Waals surface area (Å²) in [6, 6.07) is 0. The first kappa shape index (κ1) is 10.9. The van der Waals surface area contributed by atoms with Crippen molar-refractivity contribution in [2.75, 3.05) is 14.2 Å². The predicted octanol–water partition coefficient (Wildman–Crippen LogP) is 1.22. The van der Waals surface area contributed by atoms with Crippen LogP contribution >= 0.6 is 0 Å². The van der Waals surface area contributed by atoms with Gasteiger partial charge in [-0.2, -0.15) is 0 Å². The Hall–Kier alpha value is -1.58. The number of rotatable bonds is 2. The zero-order chi connectivity index (χ0) is 11.7. The second-order valence-corrected chi connectivity index (χ2v) is 3.99. The first-order valence-corrected chi connectivity index (χ1v) is 5.28. The Morgan fingerprint density at radius 2 is 1.38 bits per heavy atom. The van der Waals surface area contributed by atoms with Crippen LogP contribution in [0.5, 0.6) is 0 Å². The third-order valence-electron chi connectivity index (χ3n) is 3.21.